The van der Waals surface area contributed by atoms with E-state index in [2.05, 4.69) is 0 Å². The highest BCUT2D eigenvalue weighted by Gasteiger charge is 2.15. The molecule has 0 amide bonds. The van der Waals surface area contributed by atoms with Crippen molar-refractivity contribution in [3.63, 3.8) is 0 Å². The number of carbonyl (C=O) groups is 2. The van der Waals surface area contributed by atoms with Crippen LogP contribution >= 0.6 is 0 Å². The fourth-order valence-corrected chi connectivity index (χ4v) is 2.28. The number of fused-ring (bicyclic) bond motifs is 1. The van der Waals surface area contributed by atoms with Crippen molar-refractivity contribution in [2.24, 2.45) is 0 Å². The number of unbranched alkanes of at least 4 members (excludes halogenated alkanes) is 2. The molecule has 26 heavy (non-hydrogen) atoms. The largest absolute Gasteiger partial charge is 0.513 e. The first-order valence-electron chi connectivity index (χ1n) is 8.86. The average Bonchev–Trinajstić information content (AvgIpc) is 2.62. The van der Waals surface area contributed by atoms with E-state index in [1.807, 2.05) is 26.0 Å². The molecule has 0 aliphatic carbocycles. The minimum Gasteiger partial charge on any atom is -0.434 e. The zero-order valence-corrected chi connectivity index (χ0v) is 15.2. The van der Waals surface area contributed by atoms with Crippen LogP contribution in [-0.2, 0) is 9.47 Å². The van der Waals surface area contributed by atoms with Gasteiger partial charge in [0.05, 0.1) is 18.6 Å². The van der Waals surface area contributed by atoms with E-state index in [1.54, 1.807) is 24.3 Å². The van der Waals surface area contributed by atoms with E-state index in [9.17, 15) is 9.59 Å². The highest BCUT2D eigenvalue weighted by Crippen LogP contribution is 2.34. The first-order valence-corrected chi connectivity index (χ1v) is 8.86. The number of hydrogen-bond acceptors (Lipinski definition) is 6. The van der Waals surface area contributed by atoms with E-state index in [1.165, 1.54) is 0 Å². The lowest BCUT2D eigenvalue weighted by Crippen LogP contribution is -2.13. The molecule has 0 N–H and O–H groups in total. The summed E-state index contributed by atoms with van der Waals surface area (Å²) in [7, 11) is 0. The van der Waals surface area contributed by atoms with Crippen LogP contribution in [0.1, 0.15) is 39.5 Å². The van der Waals surface area contributed by atoms with Crippen LogP contribution in [0.15, 0.2) is 36.4 Å². The minimum absolute atomic E-state index is 0.265. The minimum atomic E-state index is -0.786. The van der Waals surface area contributed by atoms with Gasteiger partial charge in [-0.25, -0.2) is 9.59 Å². The molecule has 2 aromatic carbocycles. The van der Waals surface area contributed by atoms with E-state index in [4.69, 9.17) is 18.9 Å². The van der Waals surface area contributed by atoms with Crippen LogP contribution in [0.2, 0.25) is 0 Å². The maximum Gasteiger partial charge on any atom is 0.513 e. The highest BCUT2D eigenvalue weighted by atomic mass is 16.7. The molecule has 0 atom stereocenters. The third-order valence-electron chi connectivity index (χ3n) is 3.65. The van der Waals surface area contributed by atoms with Gasteiger partial charge in [0.2, 0.25) is 0 Å². The molecular weight excluding hydrogens is 336 g/mol. The summed E-state index contributed by atoms with van der Waals surface area (Å²) in [4.78, 5) is 23.7. The lowest BCUT2D eigenvalue weighted by molar-refractivity contribution is 0.0977. The molecule has 140 valence electrons. The summed E-state index contributed by atoms with van der Waals surface area (Å²) >= 11 is 0. The van der Waals surface area contributed by atoms with Crippen LogP contribution in [0.5, 0.6) is 11.5 Å². The predicted octanol–water partition coefficient (Wildman–Crippen LogP) is 5.47. The van der Waals surface area contributed by atoms with E-state index >= 15 is 0 Å². The summed E-state index contributed by atoms with van der Waals surface area (Å²) in [5, 5.41) is 1.28. The van der Waals surface area contributed by atoms with E-state index in [0.717, 1.165) is 31.1 Å². The van der Waals surface area contributed by atoms with Gasteiger partial charge in [0.25, 0.3) is 0 Å². The summed E-state index contributed by atoms with van der Waals surface area (Å²) in [6.07, 6.45) is 1.79. The Morgan fingerprint density at radius 2 is 1.23 bits per heavy atom. The summed E-state index contributed by atoms with van der Waals surface area (Å²) < 4.78 is 20.7. The third-order valence-corrected chi connectivity index (χ3v) is 3.65. The van der Waals surface area contributed by atoms with Crippen LogP contribution in [0, 0.1) is 0 Å². The Bertz CT molecular complexity index is 681. The van der Waals surface area contributed by atoms with Crippen molar-refractivity contribution >= 4 is 23.1 Å². The molecule has 0 aliphatic rings. The predicted molar refractivity (Wildman–Crippen MR) is 97.7 cm³/mol. The molecule has 6 nitrogen and oxygen atoms in total. The van der Waals surface area contributed by atoms with Crippen molar-refractivity contribution in [2.75, 3.05) is 13.2 Å². The Balaban J connectivity index is 2.17. The Labute approximate surface area is 153 Å². The van der Waals surface area contributed by atoms with Gasteiger partial charge in [0.1, 0.15) is 11.5 Å². The summed E-state index contributed by atoms with van der Waals surface area (Å²) in [5.74, 6) is 0.530. The van der Waals surface area contributed by atoms with Crippen LogP contribution in [0.25, 0.3) is 10.8 Å². The molecule has 0 heterocycles. The first-order chi connectivity index (χ1) is 12.7. The van der Waals surface area contributed by atoms with Crippen LogP contribution in [0.4, 0.5) is 9.59 Å². The summed E-state index contributed by atoms with van der Waals surface area (Å²) in [6, 6.07) is 10.4. The third kappa shape index (κ3) is 5.65. The van der Waals surface area contributed by atoms with Crippen LogP contribution in [-0.4, -0.2) is 25.5 Å². The SMILES string of the molecule is CCCCOC(=O)Oc1cccc2cccc(OC(=O)OCCCC)c12. The fourth-order valence-electron chi connectivity index (χ4n) is 2.28. The molecule has 0 spiro atoms. The molecule has 2 aromatic rings. The molecule has 0 aromatic heterocycles. The maximum absolute atomic E-state index is 11.9. The summed E-state index contributed by atoms with van der Waals surface area (Å²) in [6.45, 7) is 4.60. The molecule has 0 unspecified atom stereocenters. The zero-order valence-electron chi connectivity index (χ0n) is 15.2. The maximum atomic E-state index is 11.9. The molecule has 0 bridgehead atoms. The average molecular weight is 360 g/mol. The standard InChI is InChI=1S/C20H24O6/c1-3-5-13-23-19(21)25-16-11-7-9-15-10-8-12-17(18(15)16)26-20(22)24-14-6-4-2/h7-12H,3-6,13-14H2,1-2H3. The Kier molecular flexibility index (Phi) is 7.74. The number of hydrogen-bond donors (Lipinski definition) is 0. The summed E-state index contributed by atoms with van der Waals surface area (Å²) in [5.41, 5.74) is 0. The second-order valence-electron chi connectivity index (χ2n) is 5.72. The van der Waals surface area contributed by atoms with Gasteiger partial charge >= 0.3 is 12.3 Å². The van der Waals surface area contributed by atoms with Gasteiger partial charge in [-0.15, -0.1) is 0 Å². The number of benzene rings is 2. The van der Waals surface area contributed by atoms with Crippen LogP contribution in [0.3, 0.4) is 0 Å². The van der Waals surface area contributed by atoms with E-state index in [-0.39, 0.29) is 11.5 Å². The molecular formula is C20H24O6. The molecule has 0 saturated carbocycles. The number of carbonyl (C=O) groups excluding carboxylic acids is 2. The van der Waals surface area contributed by atoms with Crippen molar-refractivity contribution in [3.8, 4) is 11.5 Å². The number of ether oxygens (including phenoxy) is 4. The molecule has 6 heteroatoms. The van der Waals surface area contributed by atoms with Crippen molar-refractivity contribution in [3.05, 3.63) is 36.4 Å². The van der Waals surface area contributed by atoms with Crippen molar-refractivity contribution in [1.82, 2.24) is 0 Å². The van der Waals surface area contributed by atoms with Gasteiger partial charge in [0, 0.05) is 0 Å². The molecule has 0 aliphatic heterocycles. The van der Waals surface area contributed by atoms with Crippen molar-refractivity contribution in [1.29, 1.82) is 0 Å². The van der Waals surface area contributed by atoms with Gasteiger partial charge in [-0.1, -0.05) is 51.0 Å². The second kappa shape index (κ2) is 10.3. The molecule has 0 radical (unpaired) electrons. The van der Waals surface area contributed by atoms with Crippen LogP contribution < -0.4 is 9.47 Å². The highest BCUT2D eigenvalue weighted by molar-refractivity contribution is 5.96. The monoisotopic (exact) mass is 360 g/mol. The van der Waals surface area contributed by atoms with Gasteiger partial charge < -0.3 is 18.9 Å². The molecule has 0 fully saturated rings. The topological polar surface area (TPSA) is 71.1 Å². The first kappa shape index (κ1) is 19.6. The Hall–Kier alpha value is -2.76. The normalized spacial score (nSPS) is 10.4. The van der Waals surface area contributed by atoms with E-state index in [0.29, 0.717) is 18.6 Å². The molecule has 0 saturated heterocycles. The van der Waals surface area contributed by atoms with Gasteiger partial charge in [-0.3, -0.25) is 0 Å². The zero-order chi connectivity index (χ0) is 18.8. The smallest absolute Gasteiger partial charge is 0.434 e. The van der Waals surface area contributed by atoms with Gasteiger partial charge in [-0.05, 0) is 30.4 Å². The van der Waals surface area contributed by atoms with Gasteiger partial charge in [-0.2, -0.15) is 0 Å². The number of rotatable bonds is 8. The lowest BCUT2D eigenvalue weighted by atomic mass is 10.1. The second-order valence-corrected chi connectivity index (χ2v) is 5.72. The lowest BCUT2D eigenvalue weighted by Gasteiger charge is -2.12. The van der Waals surface area contributed by atoms with Gasteiger partial charge in [0.15, 0.2) is 0 Å². The quantitative estimate of drug-likeness (QED) is 0.353. The Morgan fingerprint density at radius 3 is 1.65 bits per heavy atom. The molecule has 2 rings (SSSR count). The van der Waals surface area contributed by atoms with Crippen molar-refractivity contribution < 1.29 is 28.5 Å². The van der Waals surface area contributed by atoms with Crippen molar-refractivity contribution in [2.45, 2.75) is 39.5 Å². The fraction of sp³-hybridized carbons (Fsp3) is 0.400. The van der Waals surface area contributed by atoms with E-state index < -0.39 is 12.3 Å². The Morgan fingerprint density at radius 1 is 0.769 bits per heavy atom.